The molecule has 0 amide bonds. The van der Waals surface area contributed by atoms with E-state index in [-0.39, 0.29) is 0 Å². The Morgan fingerprint density at radius 2 is 2.29 bits per heavy atom. The van der Waals surface area contributed by atoms with Crippen molar-refractivity contribution in [1.29, 1.82) is 0 Å². The molecular weight excluding hydrogens is 214 g/mol. The molecule has 3 nitrogen and oxygen atoms in total. The average Bonchev–Trinajstić information content (AvgIpc) is 2.67. The lowest BCUT2D eigenvalue weighted by atomic mass is 9.74. The highest BCUT2D eigenvalue weighted by atomic mass is 16.5. The molecule has 1 aliphatic rings. The van der Waals surface area contributed by atoms with Crippen LogP contribution in [0.5, 0.6) is 0 Å². The van der Waals surface area contributed by atoms with Crippen LogP contribution in [0.4, 0.5) is 0 Å². The Labute approximate surface area is 106 Å². The molecule has 1 N–H and O–H groups in total. The summed E-state index contributed by atoms with van der Waals surface area (Å²) in [7, 11) is 1.75. The van der Waals surface area contributed by atoms with E-state index in [0.717, 1.165) is 32.2 Å². The van der Waals surface area contributed by atoms with Gasteiger partial charge >= 0.3 is 0 Å². The summed E-state index contributed by atoms with van der Waals surface area (Å²) in [6.45, 7) is 10.6. The molecule has 0 aromatic rings. The van der Waals surface area contributed by atoms with E-state index < -0.39 is 0 Å². The first-order chi connectivity index (χ1) is 8.14. The normalized spacial score (nSPS) is 30.7. The van der Waals surface area contributed by atoms with Crippen molar-refractivity contribution in [2.24, 2.45) is 11.3 Å². The highest BCUT2D eigenvalue weighted by Crippen LogP contribution is 2.40. The van der Waals surface area contributed by atoms with Gasteiger partial charge in [0, 0.05) is 32.2 Å². The topological polar surface area (TPSA) is 30.5 Å². The van der Waals surface area contributed by atoms with Crippen molar-refractivity contribution in [3.05, 3.63) is 0 Å². The molecule has 3 unspecified atom stereocenters. The molecule has 0 spiro atoms. The molecule has 1 heterocycles. The summed E-state index contributed by atoms with van der Waals surface area (Å²) in [6, 6.07) is 0. The van der Waals surface area contributed by atoms with Crippen molar-refractivity contribution in [2.45, 2.75) is 46.1 Å². The Bertz CT molecular complexity index is 210. The Morgan fingerprint density at radius 3 is 2.82 bits per heavy atom. The van der Waals surface area contributed by atoms with E-state index >= 15 is 0 Å². The van der Waals surface area contributed by atoms with Gasteiger partial charge in [0.2, 0.25) is 0 Å². The van der Waals surface area contributed by atoms with Gasteiger partial charge in [-0.1, -0.05) is 20.3 Å². The van der Waals surface area contributed by atoms with Crippen LogP contribution in [-0.4, -0.2) is 39.5 Å². The predicted octanol–water partition coefficient (Wildman–Crippen LogP) is 2.45. The SMILES string of the molecule is CCC(C)CC1(CNCCOC)CCOC1C. The minimum atomic E-state index is 0.336. The quantitative estimate of drug-likeness (QED) is 0.664. The number of hydrogen-bond acceptors (Lipinski definition) is 3. The fraction of sp³-hybridized carbons (Fsp3) is 1.00. The van der Waals surface area contributed by atoms with Crippen molar-refractivity contribution in [3.63, 3.8) is 0 Å². The van der Waals surface area contributed by atoms with Gasteiger partial charge in [0.25, 0.3) is 0 Å². The molecule has 0 saturated carbocycles. The zero-order valence-corrected chi connectivity index (χ0v) is 11.9. The maximum Gasteiger partial charge on any atom is 0.0616 e. The zero-order valence-electron chi connectivity index (χ0n) is 11.9. The van der Waals surface area contributed by atoms with Crippen molar-refractivity contribution >= 4 is 0 Å². The first-order valence-corrected chi connectivity index (χ1v) is 6.96. The monoisotopic (exact) mass is 243 g/mol. The fourth-order valence-electron chi connectivity index (χ4n) is 2.74. The molecule has 1 saturated heterocycles. The Morgan fingerprint density at radius 1 is 1.53 bits per heavy atom. The molecule has 17 heavy (non-hydrogen) atoms. The lowest BCUT2D eigenvalue weighted by Crippen LogP contribution is -2.41. The average molecular weight is 243 g/mol. The van der Waals surface area contributed by atoms with Crippen LogP contribution in [0.3, 0.4) is 0 Å². The van der Waals surface area contributed by atoms with Crippen LogP contribution in [0.2, 0.25) is 0 Å². The standard InChI is InChI=1S/C14H29NO2/c1-5-12(2)10-14(6-8-17-13(14)3)11-15-7-9-16-4/h12-13,15H,5-11H2,1-4H3. The maximum atomic E-state index is 5.80. The van der Waals surface area contributed by atoms with Gasteiger partial charge in [0.05, 0.1) is 12.7 Å². The van der Waals surface area contributed by atoms with Crippen LogP contribution in [0.25, 0.3) is 0 Å². The molecule has 1 rings (SSSR count). The Balaban J connectivity index is 2.47. The Hall–Kier alpha value is -0.120. The minimum absolute atomic E-state index is 0.336. The molecule has 0 aliphatic carbocycles. The van der Waals surface area contributed by atoms with Gasteiger partial charge in [-0.25, -0.2) is 0 Å². The van der Waals surface area contributed by atoms with Crippen LogP contribution in [-0.2, 0) is 9.47 Å². The largest absolute Gasteiger partial charge is 0.383 e. The fourth-order valence-corrected chi connectivity index (χ4v) is 2.74. The first-order valence-electron chi connectivity index (χ1n) is 6.96. The summed E-state index contributed by atoms with van der Waals surface area (Å²) in [5, 5.41) is 3.52. The highest BCUT2D eigenvalue weighted by molar-refractivity contribution is 4.92. The van der Waals surface area contributed by atoms with Gasteiger partial charge in [0.1, 0.15) is 0 Å². The summed E-state index contributed by atoms with van der Waals surface area (Å²) >= 11 is 0. The molecule has 1 aliphatic heterocycles. The Kier molecular flexibility index (Phi) is 6.45. The van der Waals surface area contributed by atoms with E-state index in [9.17, 15) is 0 Å². The van der Waals surface area contributed by atoms with Gasteiger partial charge in [-0.2, -0.15) is 0 Å². The molecular formula is C14H29NO2. The van der Waals surface area contributed by atoms with Gasteiger partial charge < -0.3 is 14.8 Å². The lowest BCUT2D eigenvalue weighted by Gasteiger charge is -2.35. The molecule has 102 valence electrons. The maximum absolute atomic E-state index is 5.80. The number of methoxy groups -OCH3 is 1. The first kappa shape index (κ1) is 14.9. The van der Waals surface area contributed by atoms with Crippen LogP contribution >= 0.6 is 0 Å². The van der Waals surface area contributed by atoms with E-state index in [1.807, 2.05) is 0 Å². The molecule has 3 atom stereocenters. The third-order valence-corrected chi connectivity index (χ3v) is 4.24. The van der Waals surface area contributed by atoms with Gasteiger partial charge in [-0.05, 0) is 25.7 Å². The summed E-state index contributed by atoms with van der Waals surface area (Å²) in [5.41, 5.74) is 0.336. The summed E-state index contributed by atoms with van der Waals surface area (Å²) in [6.07, 6.45) is 4.10. The van der Waals surface area contributed by atoms with Crippen LogP contribution in [0.1, 0.15) is 40.0 Å². The number of ether oxygens (including phenoxy) is 2. The van der Waals surface area contributed by atoms with E-state index in [1.54, 1.807) is 7.11 Å². The smallest absolute Gasteiger partial charge is 0.0616 e. The molecule has 1 fully saturated rings. The lowest BCUT2D eigenvalue weighted by molar-refractivity contribution is 0.0490. The van der Waals surface area contributed by atoms with Gasteiger partial charge in [0.15, 0.2) is 0 Å². The molecule has 0 bridgehead atoms. The van der Waals surface area contributed by atoms with Crippen LogP contribution in [0, 0.1) is 11.3 Å². The number of nitrogens with one attached hydrogen (secondary N) is 1. The number of hydrogen-bond donors (Lipinski definition) is 1. The van der Waals surface area contributed by atoms with E-state index in [0.29, 0.717) is 11.5 Å². The highest BCUT2D eigenvalue weighted by Gasteiger charge is 2.41. The molecule has 0 aromatic heterocycles. The van der Waals surface area contributed by atoms with Crippen molar-refractivity contribution < 1.29 is 9.47 Å². The molecule has 0 aromatic carbocycles. The van der Waals surface area contributed by atoms with Crippen molar-refractivity contribution in [1.82, 2.24) is 5.32 Å². The second-order valence-corrected chi connectivity index (χ2v) is 5.51. The molecule has 3 heteroatoms. The molecule has 0 radical (unpaired) electrons. The van der Waals surface area contributed by atoms with E-state index in [4.69, 9.17) is 9.47 Å². The third-order valence-electron chi connectivity index (χ3n) is 4.24. The van der Waals surface area contributed by atoms with E-state index in [1.165, 1.54) is 19.3 Å². The van der Waals surface area contributed by atoms with Crippen molar-refractivity contribution in [2.75, 3.05) is 33.4 Å². The second kappa shape index (κ2) is 7.34. The summed E-state index contributed by atoms with van der Waals surface area (Å²) < 4.78 is 10.9. The number of rotatable bonds is 8. The van der Waals surface area contributed by atoms with Crippen molar-refractivity contribution in [3.8, 4) is 0 Å². The summed E-state index contributed by atoms with van der Waals surface area (Å²) in [5.74, 6) is 0.781. The second-order valence-electron chi connectivity index (χ2n) is 5.51. The third kappa shape index (κ3) is 4.23. The van der Waals surface area contributed by atoms with Crippen LogP contribution < -0.4 is 5.32 Å². The minimum Gasteiger partial charge on any atom is -0.383 e. The zero-order chi connectivity index (χ0) is 12.7. The predicted molar refractivity (Wildman–Crippen MR) is 71.3 cm³/mol. The van der Waals surface area contributed by atoms with E-state index in [2.05, 4.69) is 26.1 Å². The van der Waals surface area contributed by atoms with Gasteiger partial charge in [-0.3, -0.25) is 0 Å². The summed E-state index contributed by atoms with van der Waals surface area (Å²) in [4.78, 5) is 0. The van der Waals surface area contributed by atoms with Gasteiger partial charge in [-0.15, -0.1) is 0 Å². The van der Waals surface area contributed by atoms with Crippen LogP contribution in [0.15, 0.2) is 0 Å².